The number of nitrogens with two attached hydrogens (primary N) is 1. The zero-order valence-corrected chi connectivity index (χ0v) is 14.0. The van der Waals surface area contributed by atoms with Crippen LogP contribution in [0, 0.1) is 16.7 Å². The largest absolute Gasteiger partial charge is 0.381 e. The molecule has 4 heteroatoms. The summed E-state index contributed by atoms with van der Waals surface area (Å²) in [6.07, 6.45) is 5.02. The summed E-state index contributed by atoms with van der Waals surface area (Å²) < 4.78 is 5.42. The molecule has 0 aliphatic carbocycles. The molecule has 1 unspecified atom stereocenters. The molecule has 0 saturated carbocycles. The molecule has 122 valence electrons. The fourth-order valence-electron chi connectivity index (χ4n) is 3.77. The summed E-state index contributed by atoms with van der Waals surface area (Å²) in [7, 11) is 0. The Balaban J connectivity index is 2.02. The minimum atomic E-state index is -0.361. The second-order valence-corrected chi connectivity index (χ2v) is 7.88. The number of hydrogen-bond donors (Lipinski definition) is 1. The van der Waals surface area contributed by atoms with Crippen LogP contribution >= 0.6 is 0 Å². The van der Waals surface area contributed by atoms with Crippen molar-refractivity contribution in [3.05, 3.63) is 0 Å². The Labute approximate surface area is 129 Å². The maximum absolute atomic E-state index is 13.0. The second-order valence-electron chi connectivity index (χ2n) is 7.88. The first kappa shape index (κ1) is 16.8. The predicted octanol–water partition coefficient (Wildman–Crippen LogP) is 2.42. The van der Waals surface area contributed by atoms with E-state index in [1.165, 1.54) is 6.42 Å². The highest BCUT2D eigenvalue weighted by atomic mass is 16.5. The summed E-state index contributed by atoms with van der Waals surface area (Å²) in [4.78, 5) is 15.1. The molecule has 2 saturated heterocycles. The summed E-state index contributed by atoms with van der Waals surface area (Å²) in [5, 5.41) is 0. The Morgan fingerprint density at radius 3 is 2.48 bits per heavy atom. The topological polar surface area (TPSA) is 55.6 Å². The molecule has 2 N–H and O–H groups in total. The molecule has 0 aromatic carbocycles. The lowest BCUT2D eigenvalue weighted by Gasteiger charge is -2.38. The lowest BCUT2D eigenvalue weighted by atomic mass is 9.76. The fourth-order valence-corrected chi connectivity index (χ4v) is 3.77. The average molecular weight is 296 g/mol. The maximum Gasteiger partial charge on any atom is 0.230 e. The smallest absolute Gasteiger partial charge is 0.230 e. The lowest BCUT2D eigenvalue weighted by Crippen LogP contribution is -2.51. The van der Waals surface area contributed by atoms with Crippen LogP contribution in [0.4, 0.5) is 0 Å². The van der Waals surface area contributed by atoms with Crippen molar-refractivity contribution in [2.75, 3.05) is 32.8 Å². The van der Waals surface area contributed by atoms with Gasteiger partial charge in [-0.3, -0.25) is 4.79 Å². The number of nitrogens with zero attached hydrogens (tertiary/aromatic N) is 1. The molecule has 0 radical (unpaired) electrons. The SMILES string of the molecule is CC(C)(C)C1CCCN(C(=O)C2(CN)CCOCC2)CC1. The van der Waals surface area contributed by atoms with E-state index in [2.05, 4.69) is 25.7 Å². The Morgan fingerprint density at radius 2 is 1.90 bits per heavy atom. The highest BCUT2D eigenvalue weighted by Gasteiger charge is 2.42. The Hall–Kier alpha value is -0.610. The van der Waals surface area contributed by atoms with E-state index < -0.39 is 0 Å². The standard InChI is InChI=1S/C17H32N2O2/c1-16(2,3)14-5-4-9-19(10-6-14)15(20)17(13-18)7-11-21-12-8-17/h14H,4-13,18H2,1-3H3. The van der Waals surface area contributed by atoms with E-state index >= 15 is 0 Å². The first-order chi connectivity index (χ1) is 9.89. The van der Waals surface area contributed by atoms with Gasteiger partial charge in [0.15, 0.2) is 0 Å². The van der Waals surface area contributed by atoms with Crippen LogP contribution < -0.4 is 5.73 Å². The van der Waals surface area contributed by atoms with Crippen molar-refractivity contribution < 1.29 is 9.53 Å². The van der Waals surface area contributed by atoms with Gasteiger partial charge in [-0.2, -0.15) is 0 Å². The van der Waals surface area contributed by atoms with Crippen molar-refractivity contribution in [3.8, 4) is 0 Å². The molecule has 2 aliphatic rings. The molecule has 0 spiro atoms. The maximum atomic E-state index is 13.0. The second kappa shape index (κ2) is 6.66. The number of rotatable bonds is 2. The molecule has 0 aromatic rings. The summed E-state index contributed by atoms with van der Waals surface area (Å²) in [6, 6.07) is 0. The van der Waals surface area contributed by atoms with E-state index in [1.807, 2.05) is 0 Å². The van der Waals surface area contributed by atoms with E-state index in [4.69, 9.17) is 10.5 Å². The molecule has 0 aromatic heterocycles. The van der Waals surface area contributed by atoms with Gasteiger partial charge in [0.1, 0.15) is 0 Å². The molecular weight excluding hydrogens is 264 g/mol. The van der Waals surface area contributed by atoms with Crippen molar-refractivity contribution in [3.63, 3.8) is 0 Å². The number of amides is 1. The van der Waals surface area contributed by atoms with Gasteiger partial charge in [0, 0.05) is 32.8 Å². The zero-order chi connectivity index (χ0) is 15.5. The number of carbonyl (C=O) groups is 1. The fraction of sp³-hybridized carbons (Fsp3) is 0.941. The molecule has 2 aliphatic heterocycles. The van der Waals surface area contributed by atoms with Crippen LogP contribution in [-0.4, -0.2) is 43.7 Å². The van der Waals surface area contributed by atoms with E-state index in [0.29, 0.717) is 31.1 Å². The number of ether oxygens (including phenoxy) is 1. The van der Waals surface area contributed by atoms with Crippen molar-refractivity contribution in [1.82, 2.24) is 4.90 Å². The average Bonchev–Trinajstić information content (AvgIpc) is 2.72. The third-order valence-corrected chi connectivity index (χ3v) is 5.53. The van der Waals surface area contributed by atoms with E-state index in [0.717, 1.165) is 38.8 Å². The zero-order valence-electron chi connectivity index (χ0n) is 14.0. The van der Waals surface area contributed by atoms with Gasteiger partial charge >= 0.3 is 0 Å². The van der Waals surface area contributed by atoms with Crippen molar-refractivity contribution in [1.29, 1.82) is 0 Å². The minimum Gasteiger partial charge on any atom is -0.381 e. The van der Waals surface area contributed by atoms with E-state index in [-0.39, 0.29) is 11.3 Å². The van der Waals surface area contributed by atoms with Crippen molar-refractivity contribution in [2.45, 2.75) is 52.9 Å². The minimum absolute atomic E-state index is 0.280. The van der Waals surface area contributed by atoms with E-state index in [9.17, 15) is 4.79 Å². The Morgan fingerprint density at radius 1 is 1.24 bits per heavy atom. The number of hydrogen-bond acceptors (Lipinski definition) is 3. The van der Waals surface area contributed by atoms with Gasteiger partial charge in [-0.25, -0.2) is 0 Å². The third-order valence-electron chi connectivity index (χ3n) is 5.53. The van der Waals surface area contributed by atoms with Crippen molar-refractivity contribution in [2.24, 2.45) is 22.5 Å². The molecule has 1 amide bonds. The van der Waals surface area contributed by atoms with Gasteiger partial charge in [-0.15, -0.1) is 0 Å². The normalized spacial score (nSPS) is 27.2. The summed E-state index contributed by atoms with van der Waals surface area (Å²) in [5.74, 6) is 0.988. The summed E-state index contributed by atoms with van der Waals surface area (Å²) in [5.41, 5.74) is 5.95. The summed E-state index contributed by atoms with van der Waals surface area (Å²) in [6.45, 7) is 10.5. The van der Waals surface area contributed by atoms with Crippen LogP contribution in [0.15, 0.2) is 0 Å². The molecule has 2 heterocycles. The lowest BCUT2D eigenvalue weighted by molar-refractivity contribution is -0.147. The predicted molar refractivity (Wildman–Crippen MR) is 84.9 cm³/mol. The Kier molecular flexibility index (Phi) is 5.31. The third kappa shape index (κ3) is 3.78. The van der Waals surface area contributed by atoms with Gasteiger partial charge < -0.3 is 15.4 Å². The quantitative estimate of drug-likeness (QED) is 0.851. The van der Waals surface area contributed by atoms with Crippen molar-refractivity contribution >= 4 is 5.91 Å². The van der Waals surface area contributed by atoms with Gasteiger partial charge in [0.25, 0.3) is 0 Å². The van der Waals surface area contributed by atoms with Gasteiger partial charge in [0.2, 0.25) is 5.91 Å². The number of likely N-dealkylation sites (tertiary alicyclic amines) is 1. The van der Waals surface area contributed by atoms with Crippen LogP contribution in [-0.2, 0) is 9.53 Å². The van der Waals surface area contributed by atoms with Crippen LogP contribution in [0.25, 0.3) is 0 Å². The first-order valence-corrected chi connectivity index (χ1v) is 8.46. The van der Waals surface area contributed by atoms with Gasteiger partial charge in [0.05, 0.1) is 5.41 Å². The van der Waals surface area contributed by atoms with Gasteiger partial charge in [-0.05, 0) is 43.4 Å². The molecule has 1 atom stereocenters. The van der Waals surface area contributed by atoms with Gasteiger partial charge in [-0.1, -0.05) is 20.8 Å². The van der Waals surface area contributed by atoms with Crippen LogP contribution in [0.3, 0.4) is 0 Å². The number of carbonyl (C=O) groups excluding carboxylic acids is 1. The first-order valence-electron chi connectivity index (χ1n) is 8.46. The van der Waals surface area contributed by atoms with Crippen LogP contribution in [0.2, 0.25) is 0 Å². The molecule has 2 fully saturated rings. The summed E-state index contributed by atoms with van der Waals surface area (Å²) >= 11 is 0. The molecular formula is C17H32N2O2. The van der Waals surface area contributed by atoms with Crippen LogP contribution in [0.1, 0.15) is 52.9 Å². The molecule has 2 rings (SSSR count). The van der Waals surface area contributed by atoms with E-state index in [1.54, 1.807) is 0 Å². The molecule has 0 bridgehead atoms. The Bertz CT molecular complexity index is 356. The highest BCUT2D eigenvalue weighted by Crippen LogP contribution is 2.36. The highest BCUT2D eigenvalue weighted by molar-refractivity contribution is 5.83. The molecule has 4 nitrogen and oxygen atoms in total. The monoisotopic (exact) mass is 296 g/mol. The molecule has 21 heavy (non-hydrogen) atoms. The van der Waals surface area contributed by atoms with Crippen LogP contribution in [0.5, 0.6) is 0 Å².